The van der Waals surface area contributed by atoms with Crippen LogP contribution in [0.5, 0.6) is 0 Å². The summed E-state index contributed by atoms with van der Waals surface area (Å²) in [7, 11) is -3.10. The van der Waals surface area contributed by atoms with E-state index in [0.717, 1.165) is 38.2 Å². The molecule has 0 saturated carbocycles. The quantitative estimate of drug-likeness (QED) is 0.802. The van der Waals surface area contributed by atoms with E-state index >= 15 is 0 Å². The predicted molar refractivity (Wildman–Crippen MR) is 93.1 cm³/mol. The first-order valence-corrected chi connectivity index (χ1v) is 10.4. The normalized spacial score (nSPS) is 22.7. The van der Waals surface area contributed by atoms with Gasteiger partial charge in [-0.2, -0.15) is 0 Å². The smallest absolute Gasteiger partial charge is 0.214 e. The van der Waals surface area contributed by atoms with E-state index in [1.54, 1.807) is 4.31 Å². The first kappa shape index (κ1) is 17.8. The van der Waals surface area contributed by atoms with Crippen molar-refractivity contribution in [2.75, 3.05) is 38.5 Å². The van der Waals surface area contributed by atoms with Gasteiger partial charge in [0.1, 0.15) is 0 Å². The van der Waals surface area contributed by atoms with Crippen molar-refractivity contribution in [3.05, 3.63) is 30.1 Å². The van der Waals surface area contributed by atoms with Gasteiger partial charge in [-0.25, -0.2) is 12.7 Å². The Labute approximate surface area is 144 Å². The molecule has 0 aliphatic carbocycles. The van der Waals surface area contributed by atoms with Gasteiger partial charge in [0.15, 0.2) is 0 Å². The van der Waals surface area contributed by atoms with Crippen LogP contribution in [0.1, 0.15) is 31.9 Å². The monoisotopic (exact) mass is 353 g/mol. The molecular formula is C17H27N3O3S. The first-order valence-electron chi connectivity index (χ1n) is 8.77. The highest BCUT2D eigenvalue weighted by Crippen LogP contribution is 2.31. The summed E-state index contributed by atoms with van der Waals surface area (Å²) < 4.78 is 32.2. The highest BCUT2D eigenvalue weighted by atomic mass is 32.2. The molecule has 24 heavy (non-hydrogen) atoms. The van der Waals surface area contributed by atoms with Crippen LogP contribution < -0.4 is 0 Å². The van der Waals surface area contributed by atoms with Crippen molar-refractivity contribution in [3.63, 3.8) is 0 Å². The Morgan fingerprint density at radius 2 is 2.04 bits per heavy atom. The van der Waals surface area contributed by atoms with Gasteiger partial charge in [-0.3, -0.25) is 9.88 Å². The summed E-state index contributed by atoms with van der Waals surface area (Å²) >= 11 is 0. The number of nitrogens with zero attached hydrogens (tertiary/aromatic N) is 3. The van der Waals surface area contributed by atoms with Crippen LogP contribution in [0.3, 0.4) is 0 Å². The van der Waals surface area contributed by atoms with Crippen molar-refractivity contribution in [2.45, 2.75) is 38.3 Å². The molecule has 0 aromatic carbocycles. The number of hydrogen-bond donors (Lipinski definition) is 0. The van der Waals surface area contributed by atoms with Crippen molar-refractivity contribution in [3.8, 4) is 0 Å². The van der Waals surface area contributed by atoms with Gasteiger partial charge in [0.25, 0.3) is 0 Å². The number of sulfonamides is 1. The van der Waals surface area contributed by atoms with Crippen molar-refractivity contribution in [1.82, 2.24) is 14.2 Å². The Morgan fingerprint density at radius 1 is 1.25 bits per heavy atom. The third-order valence-electron chi connectivity index (χ3n) is 4.93. The van der Waals surface area contributed by atoms with Gasteiger partial charge in [0.2, 0.25) is 10.0 Å². The van der Waals surface area contributed by atoms with E-state index in [-0.39, 0.29) is 11.4 Å². The molecule has 2 aliphatic rings. The highest BCUT2D eigenvalue weighted by Gasteiger charge is 2.41. The second-order valence-electron chi connectivity index (χ2n) is 6.78. The van der Waals surface area contributed by atoms with E-state index in [2.05, 4.69) is 9.88 Å². The third kappa shape index (κ3) is 4.14. The SMILES string of the molecule is CCCS(=O)(=O)N1CCC2(CC1)CN(Cc1ccccn1)CCO2. The van der Waals surface area contributed by atoms with Gasteiger partial charge in [0.05, 0.1) is 23.7 Å². The number of hydrogen-bond acceptors (Lipinski definition) is 5. The summed E-state index contributed by atoms with van der Waals surface area (Å²) in [4.78, 5) is 6.78. The lowest BCUT2D eigenvalue weighted by Crippen LogP contribution is -2.57. The molecular weight excluding hydrogens is 326 g/mol. The summed E-state index contributed by atoms with van der Waals surface area (Å²) in [5.74, 6) is 0.243. The van der Waals surface area contributed by atoms with Gasteiger partial charge < -0.3 is 4.74 Å². The number of morpholine rings is 1. The molecule has 6 nitrogen and oxygen atoms in total. The zero-order valence-electron chi connectivity index (χ0n) is 14.4. The van der Waals surface area contributed by atoms with Crippen molar-refractivity contribution >= 4 is 10.0 Å². The number of pyridine rings is 1. The lowest BCUT2D eigenvalue weighted by Gasteiger charge is -2.47. The maximum absolute atomic E-state index is 12.2. The van der Waals surface area contributed by atoms with E-state index in [1.165, 1.54) is 0 Å². The average molecular weight is 353 g/mol. The molecule has 2 aliphatic heterocycles. The molecule has 3 rings (SSSR count). The van der Waals surface area contributed by atoms with Gasteiger partial charge in [-0.1, -0.05) is 13.0 Å². The zero-order chi connectivity index (χ0) is 17.0. The molecule has 0 amide bonds. The molecule has 1 aromatic heterocycles. The number of rotatable bonds is 5. The molecule has 2 saturated heterocycles. The fourth-order valence-electron chi connectivity index (χ4n) is 3.64. The molecule has 0 unspecified atom stereocenters. The van der Waals surface area contributed by atoms with E-state index < -0.39 is 10.0 Å². The molecule has 7 heteroatoms. The van der Waals surface area contributed by atoms with Crippen molar-refractivity contribution in [2.24, 2.45) is 0 Å². The Hall–Kier alpha value is -1.02. The number of piperidine rings is 1. The molecule has 0 radical (unpaired) electrons. The molecule has 0 atom stereocenters. The Balaban J connectivity index is 1.59. The van der Waals surface area contributed by atoms with Crippen molar-refractivity contribution in [1.29, 1.82) is 0 Å². The molecule has 0 N–H and O–H groups in total. The zero-order valence-corrected chi connectivity index (χ0v) is 15.2. The maximum atomic E-state index is 12.2. The lowest BCUT2D eigenvalue weighted by atomic mass is 9.90. The standard InChI is InChI=1S/C17H27N3O3S/c1-2-13-24(21,22)20-9-6-17(7-10-20)15-19(11-12-23-17)14-16-5-3-4-8-18-16/h3-5,8H,2,6-7,9-15H2,1H3. The topological polar surface area (TPSA) is 62.7 Å². The maximum Gasteiger partial charge on any atom is 0.214 e. The van der Waals surface area contributed by atoms with Gasteiger partial charge in [-0.15, -0.1) is 0 Å². The second-order valence-corrected chi connectivity index (χ2v) is 8.87. The fourth-order valence-corrected chi connectivity index (χ4v) is 5.15. The highest BCUT2D eigenvalue weighted by molar-refractivity contribution is 7.89. The third-order valence-corrected chi connectivity index (χ3v) is 7.00. The fraction of sp³-hybridized carbons (Fsp3) is 0.706. The van der Waals surface area contributed by atoms with Crippen LogP contribution in [0.15, 0.2) is 24.4 Å². The summed E-state index contributed by atoms with van der Waals surface area (Å²) in [6.45, 7) is 6.32. The van der Waals surface area contributed by atoms with Gasteiger partial charge in [0, 0.05) is 38.9 Å². The first-order chi connectivity index (χ1) is 11.5. The molecule has 134 valence electrons. The minimum atomic E-state index is -3.10. The lowest BCUT2D eigenvalue weighted by molar-refractivity contribution is -0.131. The van der Waals surface area contributed by atoms with E-state index in [0.29, 0.717) is 26.1 Å². The minimum absolute atomic E-state index is 0.203. The van der Waals surface area contributed by atoms with Crippen LogP contribution in [0.25, 0.3) is 0 Å². The van der Waals surface area contributed by atoms with E-state index in [4.69, 9.17) is 4.74 Å². The Bertz CT molecular complexity index is 628. The Morgan fingerprint density at radius 3 is 2.71 bits per heavy atom. The van der Waals surface area contributed by atoms with E-state index in [9.17, 15) is 8.42 Å². The molecule has 2 fully saturated rings. The summed E-state index contributed by atoms with van der Waals surface area (Å²) in [5.41, 5.74) is 0.864. The van der Waals surface area contributed by atoms with Crippen molar-refractivity contribution < 1.29 is 13.2 Å². The van der Waals surface area contributed by atoms with Gasteiger partial charge in [-0.05, 0) is 31.4 Å². The van der Waals surface area contributed by atoms with Crippen LogP contribution in [-0.4, -0.2) is 66.7 Å². The predicted octanol–water partition coefficient (Wildman–Crippen LogP) is 1.49. The average Bonchev–Trinajstić information content (AvgIpc) is 2.56. The summed E-state index contributed by atoms with van der Waals surface area (Å²) in [6, 6.07) is 5.98. The van der Waals surface area contributed by atoms with Crippen LogP contribution in [-0.2, 0) is 21.3 Å². The second kappa shape index (κ2) is 7.47. The minimum Gasteiger partial charge on any atom is -0.372 e. The largest absolute Gasteiger partial charge is 0.372 e. The van der Waals surface area contributed by atoms with Crippen LogP contribution in [0.4, 0.5) is 0 Å². The summed E-state index contributed by atoms with van der Waals surface area (Å²) in [5, 5.41) is 0. The summed E-state index contributed by atoms with van der Waals surface area (Å²) in [6.07, 6.45) is 4.03. The van der Waals surface area contributed by atoms with Crippen LogP contribution in [0.2, 0.25) is 0 Å². The number of ether oxygens (including phenoxy) is 1. The van der Waals surface area contributed by atoms with Crippen LogP contribution >= 0.6 is 0 Å². The Kier molecular flexibility index (Phi) is 5.54. The molecule has 3 heterocycles. The molecule has 1 spiro atoms. The van der Waals surface area contributed by atoms with E-state index in [1.807, 2.05) is 31.3 Å². The molecule has 1 aromatic rings. The molecule has 0 bridgehead atoms. The van der Waals surface area contributed by atoms with Gasteiger partial charge >= 0.3 is 0 Å². The number of aromatic nitrogens is 1. The van der Waals surface area contributed by atoms with Crippen LogP contribution in [0, 0.1) is 0 Å².